The van der Waals surface area contributed by atoms with E-state index in [-0.39, 0.29) is 24.1 Å². The Morgan fingerprint density at radius 3 is 2.89 bits per heavy atom. The molecule has 1 saturated heterocycles. The molecule has 0 N–H and O–H groups in total. The number of thiazole rings is 1. The van der Waals surface area contributed by atoms with E-state index in [1.165, 1.54) is 18.3 Å². The van der Waals surface area contributed by atoms with Crippen LogP contribution in [-0.4, -0.2) is 41.5 Å². The third-order valence-electron chi connectivity index (χ3n) is 4.79. The van der Waals surface area contributed by atoms with Crippen LogP contribution >= 0.6 is 11.3 Å². The van der Waals surface area contributed by atoms with Crippen LogP contribution in [0.4, 0.5) is 0 Å². The smallest absolute Gasteiger partial charge is 0.405 e. The van der Waals surface area contributed by atoms with Crippen LogP contribution < -0.4 is 4.73 Å². The molecule has 1 fully saturated rings. The van der Waals surface area contributed by atoms with E-state index in [1.54, 1.807) is 22.3 Å². The van der Waals surface area contributed by atoms with Crippen molar-refractivity contribution in [2.24, 2.45) is 0 Å². The molecule has 0 unspecified atom stereocenters. The van der Waals surface area contributed by atoms with Crippen LogP contribution in [0.1, 0.15) is 34.3 Å². The third-order valence-corrected chi connectivity index (χ3v) is 5.99. The van der Waals surface area contributed by atoms with Crippen LogP contribution in [0.15, 0.2) is 48.7 Å². The minimum Gasteiger partial charge on any atom is -0.618 e. The van der Waals surface area contributed by atoms with Gasteiger partial charge in [-0.05, 0) is 31.0 Å². The van der Waals surface area contributed by atoms with Gasteiger partial charge in [-0.1, -0.05) is 12.1 Å². The number of rotatable bonds is 4. The molecule has 0 spiro atoms. The van der Waals surface area contributed by atoms with E-state index >= 15 is 0 Å². The summed E-state index contributed by atoms with van der Waals surface area (Å²) in [7, 11) is 0. The van der Waals surface area contributed by atoms with E-state index in [1.807, 2.05) is 24.3 Å². The van der Waals surface area contributed by atoms with Gasteiger partial charge in [-0.3, -0.25) is 4.79 Å². The van der Waals surface area contributed by atoms with Gasteiger partial charge in [-0.25, -0.2) is 9.78 Å². The summed E-state index contributed by atoms with van der Waals surface area (Å²) < 4.78 is 6.62. The third kappa shape index (κ3) is 3.82. The molecule has 1 aromatic carbocycles. The lowest BCUT2D eigenvalue weighted by Gasteiger charge is -2.31. The van der Waals surface area contributed by atoms with E-state index < -0.39 is 5.97 Å². The molecular weight excluding hydrogens is 378 g/mol. The van der Waals surface area contributed by atoms with Crippen LogP contribution in [0.5, 0.6) is 0 Å². The molecule has 1 aliphatic heterocycles. The summed E-state index contributed by atoms with van der Waals surface area (Å²) >= 11 is 1.66. The lowest BCUT2D eigenvalue weighted by atomic mass is 9.99. The van der Waals surface area contributed by atoms with Crippen molar-refractivity contribution >= 4 is 33.4 Å². The largest absolute Gasteiger partial charge is 0.618 e. The average molecular weight is 397 g/mol. The molecule has 7 nitrogen and oxygen atoms in total. The Labute approximate surface area is 165 Å². The molecule has 1 amide bonds. The Bertz CT molecular complexity index is 986. The number of pyridine rings is 1. The fourth-order valence-corrected chi connectivity index (χ4v) is 4.44. The molecule has 0 saturated carbocycles. The Hall–Kier alpha value is -3.00. The van der Waals surface area contributed by atoms with Gasteiger partial charge >= 0.3 is 11.7 Å². The highest BCUT2D eigenvalue weighted by atomic mass is 32.1. The number of nitrogens with zero attached hydrogens (tertiary/aromatic N) is 3. The number of amides is 1. The Morgan fingerprint density at radius 2 is 2.07 bits per heavy atom. The number of likely N-dealkylation sites (tertiary alicyclic amines) is 1. The fourth-order valence-electron chi connectivity index (χ4n) is 3.35. The van der Waals surface area contributed by atoms with Crippen molar-refractivity contribution in [1.82, 2.24) is 9.88 Å². The van der Waals surface area contributed by atoms with Gasteiger partial charge in [-0.2, -0.15) is 4.73 Å². The van der Waals surface area contributed by atoms with E-state index in [0.29, 0.717) is 17.8 Å². The fraction of sp³-hybridized carbons (Fsp3) is 0.300. The Kier molecular flexibility index (Phi) is 5.21. The molecule has 4 rings (SSSR count). The summed E-state index contributed by atoms with van der Waals surface area (Å²) in [5, 5.41) is 12.6. The lowest BCUT2D eigenvalue weighted by Crippen LogP contribution is -2.42. The SMILES string of the molecule is O=C(OCC(=O)N1CCC[C@@H](c2nc3ccccc3s2)C1)c1cccc[n+]1[O-]. The van der Waals surface area contributed by atoms with Crippen LogP contribution in [-0.2, 0) is 9.53 Å². The van der Waals surface area contributed by atoms with Gasteiger partial charge in [0.1, 0.15) is 0 Å². The lowest BCUT2D eigenvalue weighted by molar-refractivity contribution is -0.608. The number of piperidine rings is 1. The summed E-state index contributed by atoms with van der Waals surface area (Å²) in [6.07, 6.45) is 3.06. The maximum absolute atomic E-state index is 12.5. The number of hydrogen-bond donors (Lipinski definition) is 0. The molecule has 1 aliphatic rings. The predicted octanol–water partition coefficient (Wildman–Crippen LogP) is 2.49. The van der Waals surface area contributed by atoms with E-state index in [0.717, 1.165) is 28.1 Å². The summed E-state index contributed by atoms with van der Waals surface area (Å²) in [5.74, 6) is -0.875. The predicted molar refractivity (Wildman–Crippen MR) is 104 cm³/mol. The van der Waals surface area contributed by atoms with Crippen molar-refractivity contribution in [2.45, 2.75) is 18.8 Å². The topological polar surface area (TPSA) is 86.4 Å². The second kappa shape index (κ2) is 7.93. The molecule has 0 aliphatic carbocycles. The maximum Gasteiger partial charge on any atom is 0.405 e. The summed E-state index contributed by atoms with van der Waals surface area (Å²) in [4.78, 5) is 31.0. The minimum absolute atomic E-state index is 0.138. The normalized spacial score (nSPS) is 16.9. The van der Waals surface area contributed by atoms with Crippen LogP contribution in [0, 0.1) is 5.21 Å². The Morgan fingerprint density at radius 1 is 1.25 bits per heavy atom. The molecule has 1 atom stereocenters. The number of ether oxygens (including phenoxy) is 1. The van der Waals surface area contributed by atoms with Crippen molar-refractivity contribution < 1.29 is 19.1 Å². The number of esters is 1. The average Bonchev–Trinajstić information content (AvgIpc) is 3.16. The number of fused-ring (bicyclic) bond motifs is 1. The number of aromatic nitrogens is 2. The second-order valence-corrected chi connectivity index (χ2v) is 7.75. The van der Waals surface area contributed by atoms with Crippen molar-refractivity contribution in [3.05, 3.63) is 64.6 Å². The zero-order valence-electron chi connectivity index (χ0n) is 15.1. The Balaban J connectivity index is 1.38. The van der Waals surface area contributed by atoms with E-state index in [2.05, 4.69) is 0 Å². The number of hydrogen-bond acceptors (Lipinski definition) is 6. The second-order valence-electron chi connectivity index (χ2n) is 6.69. The summed E-state index contributed by atoms with van der Waals surface area (Å²) in [6, 6.07) is 12.5. The highest BCUT2D eigenvalue weighted by Gasteiger charge is 2.28. The van der Waals surface area contributed by atoms with Gasteiger partial charge in [0.05, 0.1) is 15.2 Å². The number of para-hydroxylation sites is 1. The monoisotopic (exact) mass is 397 g/mol. The number of carbonyl (C=O) groups is 2. The molecule has 0 radical (unpaired) electrons. The first-order valence-corrected chi connectivity index (χ1v) is 9.92. The van der Waals surface area contributed by atoms with Crippen LogP contribution in [0.25, 0.3) is 10.2 Å². The van der Waals surface area contributed by atoms with E-state index in [9.17, 15) is 14.8 Å². The molecule has 8 heteroatoms. The van der Waals surface area contributed by atoms with Gasteiger partial charge in [0.25, 0.3) is 5.91 Å². The first-order valence-electron chi connectivity index (χ1n) is 9.10. The molecule has 3 heterocycles. The van der Waals surface area contributed by atoms with Crippen LogP contribution in [0.2, 0.25) is 0 Å². The van der Waals surface area contributed by atoms with Gasteiger partial charge in [0, 0.05) is 31.1 Å². The summed E-state index contributed by atoms with van der Waals surface area (Å²) in [6.45, 7) is 0.814. The van der Waals surface area contributed by atoms with Gasteiger partial charge < -0.3 is 14.8 Å². The number of carbonyl (C=O) groups excluding carboxylic acids is 2. The highest BCUT2D eigenvalue weighted by molar-refractivity contribution is 7.18. The molecule has 0 bridgehead atoms. The van der Waals surface area contributed by atoms with Gasteiger partial charge in [0.2, 0.25) is 0 Å². The van der Waals surface area contributed by atoms with Gasteiger partial charge in [0.15, 0.2) is 12.8 Å². The quantitative estimate of drug-likeness (QED) is 0.384. The van der Waals surface area contributed by atoms with Crippen molar-refractivity contribution in [3.8, 4) is 0 Å². The van der Waals surface area contributed by atoms with Crippen molar-refractivity contribution in [1.29, 1.82) is 0 Å². The molecule has 28 heavy (non-hydrogen) atoms. The van der Waals surface area contributed by atoms with Crippen molar-refractivity contribution in [3.63, 3.8) is 0 Å². The van der Waals surface area contributed by atoms with Gasteiger partial charge in [-0.15, -0.1) is 11.3 Å². The van der Waals surface area contributed by atoms with Crippen LogP contribution in [0.3, 0.4) is 0 Å². The first kappa shape index (κ1) is 18.4. The first-order chi connectivity index (χ1) is 13.6. The molecular formula is C20H19N3O4S. The minimum atomic E-state index is -0.802. The standard InChI is InChI=1S/C20H19N3O4S/c24-18(13-27-20(25)16-8-3-4-11-23(16)26)22-10-5-6-14(12-22)19-21-15-7-1-2-9-17(15)28-19/h1-4,7-9,11,14H,5-6,10,12-13H2/t14-/m1/s1. The van der Waals surface area contributed by atoms with E-state index in [4.69, 9.17) is 9.72 Å². The maximum atomic E-state index is 12.5. The highest BCUT2D eigenvalue weighted by Crippen LogP contribution is 2.32. The zero-order valence-corrected chi connectivity index (χ0v) is 15.9. The number of benzene rings is 1. The molecule has 3 aromatic rings. The molecule has 2 aromatic heterocycles. The van der Waals surface area contributed by atoms with Crippen molar-refractivity contribution in [2.75, 3.05) is 19.7 Å². The summed E-state index contributed by atoms with van der Waals surface area (Å²) in [5.41, 5.74) is 0.843. The molecule has 144 valence electrons. The zero-order chi connectivity index (χ0) is 19.5.